The monoisotopic (exact) mass is 424 g/mol. The van der Waals surface area contributed by atoms with Gasteiger partial charge in [0, 0.05) is 11.5 Å². The number of allylic oxidation sites excluding steroid dienone is 1. The van der Waals surface area contributed by atoms with Crippen LogP contribution in [0.4, 0.5) is 0 Å². The first-order chi connectivity index (χ1) is 14.4. The summed E-state index contributed by atoms with van der Waals surface area (Å²) in [5, 5.41) is 49.2. The highest BCUT2D eigenvalue weighted by molar-refractivity contribution is 5.77. The molecule has 30 heavy (non-hydrogen) atoms. The largest absolute Gasteiger partial charge is 0.457 e. The second kappa shape index (κ2) is 8.51. The van der Waals surface area contributed by atoms with Gasteiger partial charge in [-0.05, 0) is 29.6 Å². The molecule has 0 aromatic carbocycles. The number of fused-ring (bicyclic) bond motifs is 3. The van der Waals surface area contributed by atoms with Gasteiger partial charge in [-0.2, -0.15) is 0 Å². The highest BCUT2D eigenvalue weighted by Gasteiger charge is 2.47. The van der Waals surface area contributed by atoms with Crippen LogP contribution in [0.1, 0.15) is 19.8 Å². The number of carbonyl (C=O) groups is 1. The standard InChI is InChI=1S/C21H28O9/c1-9-12-4-2-10(6-22)13-5-3-11(15(13)19(12)30-20(9)27)8-28-21-18(26)17(25)16(24)14(7-23)29-21/h3,5,9,12,14,16-19,21-26H,2,4,6-8H2,1H3/t9-,12+,14-,16-,17+,18-,19-,21-/m1/s1. The number of hydrogen-bond acceptors (Lipinski definition) is 9. The Morgan fingerprint density at radius 1 is 1.13 bits per heavy atom. The van der Waals surface area contributed by atoms with Crippen molar-refractivity contribution >= 4 is 5.97 Å². The Morgan fingerprint density at radius 3 is 2.60 bits per heavy atom. The molecule has 0 radical (unpaired) electrons. The van der Waals surface area contributed by atoms with Crippen molar-refractivity contribution in [1.29, 1.82) is 0 Å². The van der Waals surface area contributed by atoms with Gasteiger partial charge >= 0.3 is 5.97 Å². The molecule has 2 saturated heterocycles. The molecule has 9 heteroatoms. The van der Waals surface area contributed by atoms with Crippen molar-refractivity contribution in [2.75, 3.05) is 19.8 Å². The third kappa shape index (κ3) is 3.54. The van der Waals surface area contributed by atoms with Gasteiger partial charge in [-0.15, -0.1) is 0 Å². The zero-order chi connectivity index (χ0) is 21.6. The molecule has 4 rings (SSSR count). The summed E-state index contributed by atoms with van der Waals surface area (Å²) in [6, 6.07) is 0. The van der Waals surface area contributed by atoms with Crippen LogP contribution in [-0.2, 0) is 19.0 Å². The summed E-state index contributed by atoms with van der Waals surface area (Å²) >= 11 is 0. The van der Waals surface area contributed by atoms with E-state index in [1.807, 2.05) is 19.1 Å². The SMILES string of the molecule is C[C@H]1C(=O)O[C@H]2C3=C(CO[C@@H]4O[C@H](CO)[C@@H](O)[C@H](O)[C@H]4O)C=CC3=C(CO)CC[C@@H]12. The average molecular weight is 424 g/mol. The molecule has 0 unspecified atom stereocenters. The summed E-state index contributed by atoms with van der Waals surface area (Å²) in [7, 11) is 0. The fraction of sp³-hybridized carbons (Fsp3) is 0.667. The number of rotatable bonds is 5. The molecule has 0 aromatic rings. The minimum Gasteiger partial charge on any atom is -0.457 e. The zero-order valence-electron chi connectivity index (χ0n) is 16.7. The second-order valence-electron chi connectivity index (χ2n) is 8.30. The van der Waals surface area contributed by atoms with Gasteiger partial charge in [0.2, 0.25) is 0 Å². The molecule has 0 bridgehead atoms. The Labute approximate surface area is 173 Å². The molecule has 9 nitrogen and oxygen atoms in total. The molecule has 5 N–H and O–H groups in total. The Morgan fingerprint density at radius 2 is 1.90 bits per heavy atom. The van der Waals surface area contributed by atoms with Crippen LogP contribution in [0.25, 0.3) is 0 Å². The van der Waals surface area contributed by atoms with E-state index in [1.54, 1.807) is 0 Å². The van der Waals surface area contributed by atoms with Crippen LogP contribution in [0, 0.1) is 11.8 Å². The van der Waals surface area contributed by atoms with Crippen molar-refractivity contribution in [3.8, 4) is 0 Å². The Bertz CT molecular complexity index is 783. The molecular formula is C21H28O9. The summed E-state index contributed by atoms with van der Waals surface area (Å²) in [5.41, 5.74) is 3.25. The first-order valence-corrected chi connectivity index (χ1v) is 10.2. The molecule has 0 amide bonds. The van der Waals surface area contributed by atoms with Crippen molar-refractivity contribution in [3.63, 3.8) is 0 Å². The second-order valence-corrected chi connectivity index (χ2v) is 8.30. The summed E-state index contributed by atoms with van der Waals surface area (Å²) in [5.74, 6) is -0.492. The van der Waals surface area contributed by atoms with Crippen molar-refractivity contribution in [2.45, 2.75) is 56.6 Å². The molecule has 2 heterocycles. The van der Waals surface area contributed by atoms with Crippen LogP contribution >= 0.6 is 0 Å². The van der Waals surface area contributed by atoms with Gasteiger partial charge in [0.1, 0.15) is 30.5 Å². The minimum absolute atomic E-state index is 0.00582. The van der Waals surface area contributed by atoms with E-state index in [0.717, 1.165) is 28.7 Å². The summed E-state index contributed by atoms with van der Waals surface area (Å²) in [6.45, 7) is 1.21. The van der Waals surface area contributed by atoms with Crippen LogP contribution in [0.3, 0.4) is 0 Å². The lowest BCUT2D eigenvalue weighted by atomic mass is 9.85. The van der Waals surface area contributed by atoms with Gasteiger partial charge in [-0.1, -0.05) is 19.1 Å². The molecule has 2 aliphatic carbocycles. The number of hydrogen-bond donors (Lipinski definition) is 5. The van der Waals surface area contributed by atoms with E-state index in [4.69, 9.17) is 14.2 Å². The highest BCUT2D eigenvalue weighted by Crippen LogP contribution is 2.46. The van der Waals surface area contributed by atoms with Crippen molar-refractivity contribution < 1.29 is 44.5 Å². The molecule has 8 atom stereocenters. The lowest BCUT2D eigenvalue weighted by Gasteiger charge is -2.39. The van der Waals surface area contributed by atoms with Crippen molar-refractivity contribution in [2.24, 2.45) is 11.8 Å². The molecule has 0 saturated carbocycles. The van der Waals surface area contributed by atoms with Crippen molar-refractivity contribution in [1.82, 2.24) is 0 Å². The minimum atomic E-state index is -1.52. The van der Waals surface area contributed by atoms with Gasteiger partial charge in [0.05, 0.1) is 25.7 Å². The third-order valence-electron chi connectivity index (χ3n) is 6.62. The third-order valence-corrected chi connectivity index (χ3v) is 6.62. The van der Waals surface area contributed by atoms with Crippen LogP contribution < -0.4 is 0 Å². The molecular weight excluding hydrogens is 396 g/mol. The maximum Gasteiger partial charge on any atom is 0.309 e. The van der Waals surface area contributed by atoms with E-state index in [9.17, 15) is 30.3 Å². The predicted molar refractivity (Wildman–Crippen MR) is 102 cm³/mol. The summed E-state index contributed by atoms with van der Waals surface area (Å²) < 4.78 is 16.8. The van der Waals surface area contributed by atoms with Crippen LogP contribution in [0.5, 0.6) is 0 Å². The summed E-state index contributed by atoms with van der Waals surface area (Å²) in [4.78, 5) is 12.2. The molecule has 166 valence electrons. The predicted octanol–water partition coefficient (Wildman–Crippen LogP) is -1.07. The smallest absolute Gasteiger partial charge is 0.309 e. The maximum atomic E-state index is 12.2. The first kappa shape index (κ1) is 21.6. The molecule has 0 spiro atoms. The van der Waals surface area contributed by atoms with E-state index in [2.05, 4.69) is 0 Å². The van der Waals surface area contributed by atoms with E-state index >= 15 is 0 Å². The van der Waals surface area contributed by atoms with Crippen LogP contribution in [0.15, 0.2) is 34.4 Å². The topological polar surface area (TPSA) is 146 Å². The molecule has 2 fully saturated rings. The summed E-state index contributed by atoms with van der Waals surface area (Å²) in [6.07, 6.45) is -2.12. The van der Waals surface area contributed by atoms with E-state index in [0.29, 0.717) is 6.42 Å². The van der Waals surface area contributed by atoms with E-state index in [1.165, 1.54) is 0 Å². The fourth-order valence-electron chi connectivity index (χ4n) is 4.75. The van der Waals surface area contributed by atoms with E-state index < -0.39 is 43.4 Å². The van der Waals surface area contributed by atoms with Gasteiger partial charge in [0.25, 0.3) is 0 Å². The number of aliphatic hydroxyl groups excluding tert-OH is 5. The number of ether oxygens (including phenoxy) is 3. The van der Waals surface area contributed by atoms with Gasteiger partial charge in [0.15, 0.2) is 6.29 Å². The van der Waals surface area contributed by atoms with Crippen molar-refractivity contribution in [3.05, 3.63) is 34.4 Å². The molecule has 4 aliphatic rings. The Hall–Kier alpha value is -1.59. The van der Waals surface area contributed by atoms with E-state index in [-0.39, 0.29) is 31.0 Å². The highest BCUT2D eigenvalue weighted by atomic mass is 16.7. The van der Waals surface area contributed by atoms with Crippen LogP contribution in [0.2, 0.25) is 0 Å². The normalized spacial score (nSPS) is 41.1. The lowest BCUT2D eigenvalue weighted by molar-refractivity contribution is -0.298. The zero-order valence-corrected chi connectivity index (χ0v) is 16.7. The van der Waals surface area contributed by atoms with Gasteiger partial charge < -0.3 is 39.7 Å². The fourth-order valence-corrected chi connectivity index (χ4v) is 4.75. The first-order valence-electron chi connectivity index (χ1n) is 10.2. The Balaban J connectivity index is 1.58. The quantitative estimate of drug-likeness (QED) is 0.348. The number of esters is 1. The molecule has 2 aliphatic heterocycles. The average Bonchev–Trinajstić information content (AvgIpc) is 3.22. The van der Waals surface area contributed by atoms with Crippen LogP contribution in [-0.4, -0.2) is 88.1 Å². The molecule has 0 aromatic heterocycles. The maximum absolute atomic E-state index is 12.2. The lowest BCUT2D eigenvalue weighted by Crippen LogP contribution is -2.59. The number of aliphatic hydroxyl groups is 5. The Kier molecular flexibility index (Phi) is 6.13. The number of carbonyl (C=O) groups excluding carboxylic acids is 1. The van der Waals surface area contributed by atoms with Gasteiger partial charge in [-0.25, -0.2) is 0 Å². The van der Waals surface area contributed by atoms with Gasteiger partial charge in [-0.3, -0.25) is 4.79 Å².